The van der Waals surface area contributed by atoms with Crippen molar-refractivity contribution in [1.82, 2.24) is 14.5 Å². The summed E-state index contributed by atoms with van der Waals surface area (Å²) in [6.07, 6.45) is 0.165. The minimum atomic E-state index is -4.00. The number of nitrogens with one attached hydrogen (secondary N) is 1. The molecule has 9 heteroatoms. The molecule has 0 radical (unpaired) electrons. The second-order valence-electron chi connectivity index (χ2n) is 8.72. The fourth-order valence-corrected chi connectivity index (χ4v) is 5.55. The van der Waals surface area contributed by atoms with Crippen LogP contribution in [0.25, 0.3) is 0 Å². The van der Waals surface area contributed by atoms with Crippen LogP contribution in [0.2, 0.25) is 0 Å². The molecule has 3 amide bonds. The van der Waals surface area contributed by atoms with Gasteiger partial charge in [-0.05, 0) is 44.9 Å². The van der Waals surface area contributed by atoms with Crippen molar-refractivity contribution in [2.75, 3.05) is 6.54 Å². The largest absolute Gasteiger partial charge is 0.352 e. The third kappa shape index (κ3) is 5.30. The van der Waals surface area contributed by atoms with Gasteiger partial charge in [-0.15, -0.1) is 0 Å². The third-order valence-corrected chi connectivity index (χ3v) is 7.57. The number of fused-ring (bicyclic) bond motifs is 1. The lowest BCUT2D eigenvalue weighted by molar-refractivity contribution is -0.141. The van der Waals surface area contributed by atoms with Gasteiger partial charge in [0.25, 0.3) is 15.9 Å². The molecule has 3 rings (SSSR count). The number of nitrogens with zero attached hydrogens (tertiary/aromatic N) is 2. The van der Waals surface area contributed by atoms with Crippen molar-refractivity contribution in [3.05, 3.63) is 65.2 Å². The molecule has 1 heterocycles. The SMILES string of the molecule is CC[C@H](C(=O)NC(C)C)N(Cc1ccc(C)cc1)C(=O)CCN1C(=O)c2ccccc2S1(=O)=O. The van der Waals surface area contributed by atoms with Crippen LogP contribution in [0.1, 0.15) is 55.1 Å². The topological polar surface area (TPSA) is 104 Å². The molecule has 34 heavy (non-hydrogen) atoms. The van der Waals surface area contributed by atoms with Crippen LogP contribution in [-0.4, -0.2) is 54.0 Å². The number of carbonyl (C=O) groups excluding carboxylic acids is 3. The van der Waals surface area contributed by atoms with Gasteiger partial charge in [-0.1, -0.05) is 48.9 Å². The molecule has 0 bridgehead atoms. The summed E-state index contributed by atoms with van der Waals surface area (Å²) < 4.78 is 26.4. The zero-order chi connectivity index (χ0) is 25.0. The van der Waals surface area contributed by atoms with Crippen LogP contribution in [0, 0.1) is 6.92 Å². The van der Waals surface area contributed by atoms with Crippen LogP contribution in [0.15, 0.2) is 53.4 Å². The molecule has 8 nitrogen and oxygen atoms in total. The molecule has 1 aliphatic rings. The molecule has 0 unspecified atom stereocenters. The van der Waals surface area contributed by atoms with Gasteiger partial charge in [-0.25, -0.2) is 12.7 Å². The highest BCUT2D eigenvalue weighted by Gasteiger charge is 2.41. The first-order valence-corrected chi connectivity index (χ1v) is 12.8. The molecule has 1 aliphatic heterocycles. The number of hydrogen-bond acceptors (Lipinski definition) is 5. The molecular formula is C25H31N3O5S. The normalized spacial score (nSPS) is 15.2. The van der Waals surface area contributed by atoms with E-state index < -0.39 is 27.9 Å². The van der Waals surface area contributed by atoms with Crippen LogP contribution in [0.5, 0.6) is 0 Å². The van der Waals surface area contributed by atoms with Gasteiger partial charge in [-0.3, -0.25) is 14.4 Å². The lowest BCUT2D eigenvalue weighted by Gasteiger charge is -2.31. The van der Waals surface area contributed by atoms with Gasteiger partial charge < -0.3 is 10.2 Å². The van der Waals surface area contributed by atoms with Gasteiger partial charge in [-0.2, -0.15) is 0 Å². The van der Waals surface area contributed by atoms with E-state index in [9.17, 15) is 22.8 Å². The molecule has 0 aromatic heterocycles. The van der Waals surface area contributed by atoms with Crippen molar-refractivity contribution in [1.29, 1.82) is 0 Å². The summed E-state index contributed by atoms with van der Waals surface area (Å²) in [5, 5.41) is 2.86. The van der Waals surface area contributed by atoms with Crippen molar-refractivity contribution < 1.29 is 22.8 Å². The van der Waals surface area contributed by atoms with E-state index >= 15 is 0 Å². The van der Waals surface area contributed by atoms with Crippen LogP contribution >= 0.6 is 0 Å². The van der Waals surface area contributed by atoms with Crippen molar-refractivity contribution in [3.63, 3.8) is 0 Å². The average Bonchev–Trinajstić information content (AvgIpc) is 2.98. The van der Waals surface area contributed by atoms with E-state index in [-0.39, 0.29) is 41.9 Å². The van der Waals surface area contributed by atoms with Crippen LogP contribution in [0.3, 0.4) is 0 Å². The second-order valence-corrected chi connectivity index (χ2v) is 10.6. The van der Waals surface area contributed by atoms with Crippen LogP contribution in [0.4, 0.5) is 0 Å². The molecule has 0 saturated heterocycles. The molecule has 0 spiro atoms. The second kappa shape index (κ2) is 10.4. The molecule has 2 aromatic carbocycles. The van der Waals surface area contributed by atoms with Crippen LogP contribution < -0.4 is 5.32 Å². The lowest BCUT2D eigenvalue weighted by Crippen LogP contribution is -2.51. The Morgan fingerprint density at radius 1 is 1.06 bits per heavy atom. The fraction of sp³-hybridized carbons (Fsp3) is 0.400. The van der Waals surface area contributed by atoms with Gasteiger partial charge >= 0.3 is 0 Å². The number of carbonyl (C=O) groups is 3. The summed E-state index contributed by atoms with van der Waals surface area (Å²) >= 11 is 0. The summed E-state index contributed by atoms with van der Waals surface area (Å²) in [6, 6.07) is 12.8. The summed E-state index contributed by atoms with van der Waals surface area (Å²) in [5.41, 5.74) is 2.03. The Kier molecular flexibility index (Phi) is 7.76. The highest BCUT2D eigenvalue weighted by Crippen LogP contribution is 2.30. The highest BCUT2D eigenvalue weighted by atomic mass is 32.2. The minimum absolute atomic E-state index is 0.0493. The van der Waals surface area contributed by atoms with Gasteiger partial charge in [0.2, 0.25) is 11.8 Å². The Morgan fingerprint density at radius 2 is 1.71 bits per heavy atom. The maximum absolute atomic E-state index is 13.4. The van der Waals surface area contributed by atoms with Gasteiger partial charge in [0, 0.05) is 25.6 Å². The number of aryl methyl sites for hydroxylation is 1. The molecule has 0 fully saturated rings. The van der Waals surface area contributed by atoms with Crippen molar-refractivity contribution >= 4 is 27.7 Å². The predicted octanol–water partition coefficient (Wildman–Crippen LogP) is 2.86. The first-order chi connectivity index (χ1) is 16.1. The monoisotopic (exact) mass is 485 g/mol. The van der Waals surface area contributed by atoms with E-state index in [2.05, 4.69) is 5.32 Å². The standard InChI is InChI=1S/C25H31N3O5S/c1-5-21(24(30)26-17(2)3)27(16-19-12-10-18(4)11-13-19)23(29)14-15-28-25(31)20-8-6-7-9-22(20)34(28,32)33/h6-13,17,21H,5,14-16H2,1-4H3,(H,26,30)/t21-/m1/s1. The molecule has 0 saturated carbocycles. The van der Waals surface area contributed by atoms with Crippen LogP contribution in [-0.2, 0) is 26.2 Å². The molecule has 0 aliphatic carbocycles. The van der Waals surface area contributed by atoms with Crippen molar-refractivity contribution in [3.8, 4) is 0 Å². The van der Waals surface area contributed by atoms with E-state index in [0.29, 0.717) is 6.42 Å². The first kappa shape index (κ1) is 25.4. The van der Waals surface area contributed by atoms with Crippen molar-refractivity contribution in [2.45, 2.75) is 64.1 Å². The number of hydrogen-bond donors (Lipinski definition) is 1. The van der Waals surface area contributed by atoms with Crippen molar-refractivity contribution in [2.24, 2.45) is 0 Å². The zero-order valence-corrected chi connectivity index (χ0v) is 20.8. The lowest BCUT2D eigenvalue weighted by atomic mass is 10.1. The van der Waals surface area contributed by atoms with Gasteiger partial charge in [0.05, 0.1) is 5.56 Å². The Bertz CT molecular complexity index is 1180. The van der Waals surface area contributed by atoms with Gasteiger partial charge in [0.15, 0.2) is 0 Å². The van der Waals surface area contributed by atoms with E-state index in [1.54, 1.807) is 12.1 Å². The Labute approximate surface area is 201 Å². The maximum Gasteiger partial charge on any atom is 0.269 e. The Morgan fingerprint density at radius 3 is 2.29 bits per heavy atom. The van der Waals surface area contributed by atoms with E-state index in [1.165, 1.54) is 17.0 Å². The summed E-state index contributed by atoms with van der Waals surface area (Å²) in [5.74, 6) is -1.31. The number of sulfonamides is 1. The minimum Gasteiger partial charge on any atom is -0.352 e. The third-order valence-electron chi connectivity index (χ3n) is 5.73. The molecule has 1 atom stereocenters. The molecule has 182 valence electrons. The summed E-state index contributed by atoms with van der Waals surface area (Å²) in [7, 11) is -4.00. The zero-order valence-electron chi connectivity index (χ0n) is 19.9. The number of rotatable bonds is 9. The molecular weight excluding hydrogens is 454 g/mol. The first-order valence-electron chi connectivity index (χ1n) is 11.4. The molecule has 2 aromatic rings. The predicted molar refractivity (Wildman–Crippen MR) is 128 cm³/mol. The fourth-order valence-electron chi connectivity index (χ4n) is 3.98. The number of benzene rings is 2. The number of amides is 3. The maximum atomic E-state index is 13.4. The van der Waals surface area contributed by atoms with Gasteiger partial charge in [0.1, 0.15) is 10.9 Å². The van der Waals surface area contributed by atoms with E-state index in [0.717, 1.165) is 15.4 Å². The Hall–Kier alpha value is -3.20. The smallest absolute Gasteiger partial charge is 0.269 e. The highest BCUT2D eigenvalue weighted by molar-refractivity contribution is 7.90. The quantitative estimate of drug-likeness (QED) is 0.588. The average molecular weight is 486 g/mol. The Balaban J connectivity index is 1.82. The summed E-state index contributed by atoms with van der Waals surface area (Å²) in [4.78, 5) is 40.4. The van der Waals surface area contributed by atoms with E-state index in [4.69, 9.17) is 0 Å². The molecule has 1 N–H and O–H groups in total. The summed E-state index contributed by atoms with van der Waals surface area (Å²) in [6.45, 7) is 7.39. The van der Waals surface area contributed by atoms with E-state index in [1.807, 2.05) is 52.0 Å².